The Kier molecular flexibility index (Phi) is 6.26. The molecule has 1 aromatic heterocycles. The van der Waals surface area contributed by atoms with Crippen LogP contribution in [-0.4, -0.2) is 27.7 Å². The van der Waals surface area contributed by atoms with E-state index in [1.165, 1.54) is 5.56 Å². The van der Waals surface area contributed by atoms with Crippen molar-refractivity contribution in [3.05, 3.63) is 70.9 Å². The zero-order chi connectivity index (χ0) is 20.1. The van der Waals surface area contributed by atoms with E-state index in [4.69, 9.17) is 15.7 Å². The topological polar surface area (TPSA) is 84.1 Å². The van der Waals surface area contributed by atoms with E-state index in [1.807, 2.05) is 44.2 Å². The fourth-order valence-electron chi connectivity index (χ4n) is 3.08. The Labute approximate surface area is 166 Å². The average Bonchev–Trinajstić information content (AvgIpc) is 2.70. The average molecular weight is 377 g/mol. The third-order valence-electron chi connectivity index (χ3n) is 4.89. The third-order valence-corrected chi connectivity index (χ3v) is 4.89. The molecule has 0 aliphatic rings. The Morgan fingerprint density at radius 1 is 1.07 bits per heavy atom. The molecule has 0 unspecified atom stereocenters. The molecule has 5 heteroatoms. The molecular weight excluding hydrogens is 348 g/mol. The maximum Gasteiger partial charge on any atom is 0.165 e. The van der Waals surface area contributed by atoms with E-state index >= 15 is 0 Å². The van der Waals surface area contributed by atoms with Crippen LogP contribution in [0, 0.1) is 13.8 Å². The Morgan fingerprint density at radius 3 is 2.54 bits per heavy atom. The number of benzene rings is 2. The van der Waals surface area contributed by atoms with Gasteiger partial charge in [-0.2, -0.15) is 0 Å². The second-order valence-electron chi connectivity index (χ2n) is 7.19. The van der Waals surface area contributed by atoms with E-state index in [2.05, 4.69) is 24.4 Å². The van der Waals surface area contributed by atoms with Gasteiger partial charge in [-0.05, 0) is 38.0 Å². The molecule has 1 heterocycles. The molecule has 0 aliphatic carbocycles. The van der Waals surface area contributed by atoms with Gasteiger partial charge in [0.2, 0.25) is 0 Å². The van der Waals surface area contributed by atoms with E-state index < -0.39 is 0 Å². The fraction of sp³-hybridized carbons (Fsp3) is 0.304. The lowest BCUT2D eigenvalue weighted by molar-refractivity contribution is 0.476. The first-order valence-corrected chi connectivity index (χ1v) is 9.68. The number of phenols is 1. The summed E-state index contributed by atoms with van der Waals surface area (Å²) in [5, 5.41) is 13.7. The van der Waals surface area contributed by atoms with Gasteiger partial charge >= 0.3 is 0 Å². The molecule has 0 fully saturated rings. The quantitative estimate of drug-likeness (QED) is 0.575. The minimum atomic E-state index is 0.0515. The van der Waals surface area contributed by atoms with Crippen LogP contribution in [0.4, 0.5) is 5.82 Å². The molecule has 4 N–H and O–H groups in total. The predicted octanol–water partition coefficient (Wildman–Crippen LogP) is 4.21. The smallest absolute Gasteiger partial charge is 0.165 e. The molecule has 0 radical (unpaired) electrons. The van der Waals surface area contributed by atoms with Crippen LogP contribution in [0.1, 0.15) is 35.7 Å². The van der Waals surface area contributed by atoms with E-state index in [0.29, 0.717) is 17.9 Å². The first-order chi connectivity index (χ1) is 13.5. The van der Waals surface area contributed by atoms with Crippen molar-refractivity contribution in [1.29, 1.82) is 0 Å². The maximum atomic E-state index is 10.3. The summed E-state index contributed by atoms with van der Waals surface area (Å²) in [5.41, 5.74) is 10.9. The largest absolute Gasteiger partial charge is 0.507 e. The van der Waals surface area contributed by atoms with Crippen molar-refractivity contribution in [2.75, 3.05) is 11.9 Å². The Bertz CT molecular complexity index is 941. The molecule has 1 atom stereocenters. The van der Waals surface area contributed by atoms with Crippen LogP contribution in [0.2, 0.25) is 0 Å². The van der Waals surface area contributed by atoms with Crippen molar-refractivity contribution in [1.82, 2.24) is 9.97 Å². The Hall–Kier alpha value is -2.92. The lowest BCUT2D eigenvalue weighted by Gasteiger charge is -2.17. The molecule has 146 valence electrons. The number of rotatable bonds is 7. The van der Waals surface area contributed by atoms with E-state index in [1.54, 1.807) is 6.07 Å². The number of nitrogens with two attached hydrogens (primary N) is 1. The summed E-state index contributed by atoms with van der Waals surface area (Å²) in [7, 11) is 0. The van der Waals surface area contributed by atoms with Gasteiger partial charge in [0.1, 0.15) is 11.6 Å². The number of nitrogens with zero attached hydrogens (tertiary/aromatic N) is 2. The van der Waals surface area contributed by atoms with Gasteiger partial charge < -0.3 is 16.2 Å². The first kappa shape index (κ1) is 19.8. The monoisotopic (exact) mass is 376 g/mol. The van der Waals surface area contributed by atoms with Crippen molar-refractivity contribution < 1.29 is 5.11 Å². The van der Waals surface area contributed by atoms with Crippen LogP contribution in [-0.2, 0) is 6.42 Å². The summed E-state index contributed by atoms with van der Waals surface area (Å²) in [6.07, 6.45) is 1.62. The highest BCUT2D eigenvalue weighted by Crippen LogP contribution is 2.30. The van der Waals surface area contributed by atoms with Crippen molar-refractivity contribution in [3.8, 4) is 17.1 Å². The normalized spacial score (nSPS) is 12.0. The van der Waals surface area contributed by atoms with Crippen LogP contribution >= 0.6 is 0 Å². The van der Waals surface area contributed by atoms with Gasteiger partial charge in [0.05, 0.1) is 5.56 Å². The predicted molar refractivity (Wildman–Crippen MR) is 115 cm³/mol. The van der Waals surface area contributed by atoms with Crippen LogP contribution in [0.15, 0.2) is 48.5 Å². The number of nitrogens with one attached hydrogen (secondary N) is 1. The second-order valence-corrected chi connectivity index (χ2v) is 7.19. The molecule has 0 amide bonds. The highest BCUT2D eigenvalue weighted by atomic mass is 16.3. The highest BCUT2D eigenvalue weighted by Gasteiger charge is 2.16. The molecule has 2 aromatic carbocycles. The number of hydrogen-bond donors (Lipinski definition) is 3. The number of anilines is 1. The zero-order valence-corrected chi connectivity index (χ0v) is 16.7. The second kappa shape index (κ2) is 8.85. The van der Waals surface area contributed by atoms with Crippen molar-refractivity contribution in [2.45, 2.75) is 39.7 Å². The molecule has 28 heavy (non-hydrogen) atoms. The van der Waals surface area contributed by atoms with E-state index in [0.717, 1.165) is 35.5 Å². The van der Waals surface area contributed by atoms with E-state index in [9.17, 15) is 5.11 Å². The van der Waals surface area contributed by atoms with Crippen LogP contribution in [0.3, 0.4) is 0 Å². The van der Waals surface area contributed by atoms with Crippen molar-refractivity contribution in [3.63, 3.8) is 0 Å². The van der Waals surface area contributed by atoms with Gasteiger partial charge in [-0.3, -0.25) is 0 Å². The summed E-state index contributed by atoms with van der Waals surface area (Å²) in [6.45, 7) is 6.67. The maximum absolute atomic E-state index is 10.3. The van der Waals surface area contributed by atoms with Gasteiger partial charge in [-0.15, -0.1) is 0 Å². The first-order valence-electron chi connectivity index (χ1n) is 9.68. The van der Waals surface area contributed by atoms with Gasteiger partial charge in [-0.1, -0.05) is 48.9 Å². The summed E-state index contributed by atoms with van der Waals surface area (Å²) in [4.78, 5) is 9.48. The van der Waals surface area contributed by atoms with Crippen LogP contribution < -0.4 is 11.1 Å². The standard InChI is InChI=1S/C23H28N4O/c1-4-18(24)14-25-22-19(13-17-8-6-5-7-9-17)16(3)26-23(27-22)20-12-15(2)10-11-21(20)28/h5-12,18,28H,4,13-14,24H2,1-3H3,(H,25,26,27)/t18-/m1/s1. The molecule has 0 aliphatic heterocycles. The molecule has 0 spiro atoms. The third kappa shape index (κ3) is 4.67. The van der Waals surface area contributed by atoms with Gasteiger partial charge in [0.25, 0.3) is 0 Å². The molecule has 0 bridgehead atoms. The SMILES string of the molecule is CC[C@@H](N)CNc1nc(-c2cc(C)ccc2O)nc(C)c1Cc1ccccc1. The molecule has 3 aromatic rings. The van der Waals surface area contributed by atoms with Crippen LogP contribution in [0.25, 0.3) is 11.4 Å². The van der Waals surface area contributed by atoms with Crippen molar-refractivity contribution >= 4 is 5.82 Å². The Balaban J connectivity index is 2.04. The summed E-state index contributed by atoms with van der Waals surface area (Å²) in [6, 6.07) is 15.8. The molecular formula is C23H28N4O. The number of phenolic OH excluding ortho intramolecular Hbond substituents is 1. The molecule has 0 saturated carbocycles. The molecule has 5 nitrogen and oxygen atoms in total. The lowest BCUT2D eigenvalue weighted by Crippen LogP contribution is -2.29. The summed E-state index contributed by atoms with van der Waals surface area (Å²) < 4.78 is 0. The number of aryl methyl sites for hydroxylation is 2. The van der Waals surface area contributed by atoms with Crippen molar-refractivity contribution in [2.24, 2.45) is 5.73 Å². The minimum Gasteiger partial charge on any atom is -0.507 e. The molecule has 3 rings (SSSR count). The van der Waals surface area contributed by atoms with Gasteiger partial charge in [-0.25, -0.2) is 9.97 Å². The minimum absolute atomic E-state index is 0.0515. The van der Waals surface area contributed by atoms with Crippen LogP contribution in [0.5, 0.6) is 5.75 Å². The van der Waals surface area contributed by atoms with Gasteiger partial charge in [0.15, 0.2) is 5.82 Å². The summed E-state index contributed by atoms with van der Waals surface area (Å²) in [5.74, 6) is 1.47. The van der Waals surface area contributed by atoms with Gasteiger partial charge in [0, 0.05) is 30.3 Å². The molecule has 0 saturated heterocycles. The van der Waals surface area contributed by atoms with E-state index in [-0.39, 0.29) is 11.8 Å². The lowest BCUT2D eigenvalue weighted by atomic mass is 10.0. The fourth-order valence-corrected chi connectivity index (χ4v) is 3.08. The number of hydrogen-bond acceptors (Lipinski definition) is 5. The number of aromatic nitrogens is 2. The number of aromatic hydroxyl groups is 1. The summed E-state index contributed by atoms with van der Waals surface area (Å²) >= 11 is 0. The highest BCUT2D eigenvalue weighted by molar-refractivity contribution is 5.67. The zero-order valence-electron chi connectivity index (χ0n) is 16.7. The Morgan fingerprint density at radius 2 is 1.82 bits per heavy atom.